The molecule has 0 radical (unpaired) electrons. The summed E-state index contributed by atoms with van der Waals surface area (Å²) < 4.78 is 5.99. The first-order valence-corrected chi connectivity index (χ1v) is 10.7. The molecule has 4 aromatic carbocycles. The molecular weight excluding hydrogens is 414 g/mol. The Morgan fingerprint density at radius 1 is 0.606 bits per heavy atom. The summed E-state index contributed by atoms with van der Waals surface area (Å²) in [5, 5.41) is 30.7. The van der Waals surface area contributed by atoms with Crippen LogP contribution in [0.3, 0.4) is 0 Å². The van der Waals surface area contributed by atoms with Crippen LogP contribution >= 0.6 is 0 Å². The van der Waals surface area contributed by atoms with Gasteiger partial charge in [0.2, 0.25) is 0 Å². The zero-order chi connectivity index (χ0) is 23.7. The number of benzene rings is 4. The molecule has 0 saturated carbocycles. The van der Waals surface area contributed by atoms with Crippen LogP contribution < -0.4 is 9.64 Å². The van der Waals surface area contributed by atoms with Gasteiger partial charge in [-0.2, -0.15) is 0 Å². The molecule has 33 heavy (non-hydrogen) atoms. The van der Waals surface area contributed by atoms with Gasteiger partial charge in [0.25, 0.3) is 0 Å². The zero-order valence-electron chi connectivity index (χ0n) is 19.1. The summed E-state index contributed by atoms with van der Waals surface area (Å²) in [6, 6.07) is 21.6. The standard InChI is InChI=1S/C28H27NO4/c1-17-11-22(15-24(30)13-17)29(23-12-18(2)14-25(31)16-23)21-6-8-26(9-7-21)33-28-20(4)19(3)5-10-27(28)32/h5-16,30-32H,1-4H3. The number of hydrogen-bond donors (Lipinski definition) is 3. The van der Waals surface area contributed by atoms with Gasteiger partial charge in [-0.1, -0.05) is 6.07 Å². The number of aromatic hydroxyl groups is 3. The van der Waals surface area contributed by atoms with Crippen molar-refractivity contribution in [3.05, 3.63) is 95.1 Å². The summed E-state index contributed by atoms with van der Waals surface area (Å²) >= 11 is 0. The molecule has 0 spiro atoms. The number of aryl methyl sites for hydroxylation is 3. The highest BCUT2D eigenvalue weighted by Gasteiger charge is 2.16. The number of phenols is 3. The Morgan fingerprint density at radius 3 is 1.67 bits per heavy atom. The van der Waals surface area contributed by atoms with E-state index in [0.29, 0.717) is 11.5 Å². The first-order valence-electron chi connectivity index (χ1n) is 10.7. The molecule has 5 nitrogen and oxygen atoms in total. The van der Waals surface area contributed by atoms with Gasteiger partial charge in [-0.3, -0.25) is 0 Å². The van der Waals surface area contributed by atoms with Crippen LogP contribution in [0.2, 0.25) is 0 Å². The molecule has 4 rings (SSSR count). The van der Waals surface area contributed by atoms with E-state index in [1.807, 2.05) is 75.1 Å². The Bertz CT molecular complexity index is 1220. The molecule has 0 saturated heterocycles. The zero-order valence-corrected chi connectivity index (χ0v) is 19.1. The van der Waals surface area contributed by atoms with E-state index in [4.69, 9.17) is 4.74 Å². The largest absolute Gasteiger partial charge is 0.508 e. The van der Waals surface area contributed by atoms with Crippen molar-refractivity contribution in [2.75, 3.05) is 4.90 Å². The lowest BCUT2D eigenvalue weighted by atomic mass is 10.1. The minimum atomic E-state index is 0.0919. The fourth-order valence-electron chi connectivity index (χ4n) is 3.88. The number of ether oxygens (including phenoxy) is 1. The topological polar surface area (TPSA) is 73.2 Å². The summed E-state index contributed by atoms with van der Waals surface area (Å²) in [6.45, 7) is 7.72. The molecule has 4 aromatic rings. The molecule has 168 valence electrons. The van der Waals surface area contributed by atoms with E-state index in [9.17, 15) is 15.3 Å². The van der Waals surface area contributed by atoms with E-state index >= 15 is 0 Å². The third kappa shape index (κ3) is 4.72. The molecule has 5 heteroatoms. The van der Waals surface area contributed by atoms with Crippen LogP contribution in [0.25, 0.3) is 0 Å². The maximum atomic E-state index is 10.2. The predicted molar refractivity (Wildman–Crippen MR) is 132 cm³/mol. The summed E-state index contributed by atoms with van der Waals surface area (Å²) in [5.41, 5.74) is 6.09. The Hall–Kier alpha value is -4.12. The first kappa shape index (κ1) is 22.1. The Balaban J connectivity index is 1.76. The lowest BCUT2D eigenvalue weighted by Gasteiger charge is -2.26. The van der Waals surface area contributed by atoms with Crippen LogP contribution in [0.15, 0.2) is 72.8 Å². The minimum Gasteiger partial charge on any atom is -0.508 e. The van der Waals surface area contributed by atoms with E-state index < -0.39 is 0 Å². The van der Waals surface area contributed by atoms with Gasteiger partial charge in [-0.05, 0) is 105 Å². The number of nitrogens with zero attached hydrogens (tertiary/aromatic N) is 1. The number of hydrogen-bond acceptors (Lipinski definition) is 5. The number of anilines is 3. The van der Waals surface area contributed by atoms with Gasteiger partial charge in [0.05, 0.1) is 11.4 Å². The van der Waals surface area contributed by atoms with Crippen LogP contribution in [0.4, 0.5) is 17.1 Å². The van der Waals surface area contributed by atoms with Crippen molar-refractivity contribution < 1.29 is 20.1 Å². The summed E-state index contributed by atoms with van der Waals surface area (Å²) in [4.78, 5) is 1.96. The van der Waals surface area contributed by atoms with E-state index in [1.165, 1.54) is 0 Å². The average molecular weight is 442 g/mol. The van der Waals surface area contributed by atoms with E-state index in [0.717, 1.165) is 39.3 Å². The smallest absolute Gasteiger partial charge is 0.172 e. The van der Waals surface area contributed by atoms with Gasteiger partial charge >= 0.3 is 0 Å². The van der Waals surface area contributed by atoms with Crippen molar-refractivity contribution >= 4 is 17.1 Å². The lowest BCUT2D eigenvalue weighted by Crippen LogP contribution is -2.10. The van der Waals surface area contributed by atoms with E-state index in [2.05, 4.69) is 0 Å². The first-order chi connectivity index (χ1) is 15.7. The molecule has 3 N–H and O–H groups in total. The molecular formula is C28H27NO4. The molecule has 0 bridgehead atoms. The van der Waals surface area contributed by atoms with Crippen LogP contribution in [-0.4, -0.2) is 15.3 Å². The molecule has 0 aliphatic heterocycles. The Kier molecular flexibility index (Phi) is 5.88. The summed E-state index contributed by atoms with van der Waals surface area (Å²) in [6.07, 6.45) is 0. The number of phenolic OH excluding ortho intramolecular Hbond substituents is 3. The highest BCUT2D eigenvalue weighted by Crippen LogP contribution is 2.40. The monoisotopic (exact) mass is 441 g/mol. The summed E-state index contributed by atoms with van der Waals surface area (Å²) in [7, 11) is 0. The molecule has 0 aromatic heterocycles. The van der Waals surface area contributed by atoms with Gasteiger partial charge in [0.15, 0.2) is 11.5 Å². The van der Waals surface area contributed by atoms with Crippen molar-refractivity contribution in [3.8, 4) is 28.7 Å². The van der Waals surface area contributed by atoms with Gasteiger partial charge in [0.1, 0.15) is 17.2 Å². The molecule has 0 atom stereocenters. The fraction of sp³-hybridized carbons (Fsp3) is 0.143. The summed E-state index contributed by atoms with van der Waals surface area (Å²) in [5.74, 6) is 1.44. The SMILES string of the molecule is Cc1cc(O)cc(N(c2ccc(Oc3c(O)ccc(C)c3C)cc2)c2cc(C)cc(O)c2)c1. The van der Waals surface area contributed by atoms with Crippen LogP contribution in [0.1, 0.15) is 22.3 Å². The van der Waals surface area contributed by atoms with Crippen LogP contribution in [0.5, 0.6) is 28.7 Å². The fourth-order valence-corrected chi connectivity index (χ4v) is 3.88. The highest BCUT2D eigenvalue weighted by atomic mass is 16.5. The lowest BCUT2D eigenvalue weighted by molar-refractivity contribution is 0.408. The van der Waals surface area contributed by atoms with Crippen molar-refractivity contribution in [3.63, 3.8) is 0 Å². The third-order valence-electron chi connectivity index (χ3n) is 5.58. The van der Waals surface area contributed by atoms with E-state index in [1.54, 1.807) is 30.3 Å². The molecule has 0 amide bonds. The Morgan fingerprint density at radius 2 is 1.15 bits per heavy atom. The second-order valence-corrected chi connectivity index (χ2v) is 8.34. The average Bonchev–Trinajstić information content (AvgIpc) is 2.74. The van der Waals surface area contributed by atoms with Crippen molar-refractivity contribution in [1.29, 1.82) is 0 Å². The van der Waals surface area contributed by atoms with Crippen molar-refractivity contribution in [2.45, 2.75) is 27.7 Å². The van der Waals surface area contributed by atoms with Crippen LogP contribution in [0, 0.1) is 27.7 Å². The van der Waals surface area contributed by atoms with Crippen molar-refractivity contribution in [1.82, 2.24) is 0 Å². The molecule has 0 unspecified atom stereocenters. The van der Waals surface area contributed by atoms with Crippen LogP contribution in [-0.2, 0) is 0 Å². The molecule has 0 aliphatic carbocycles. The van der Waals surface area contributed by atoms with Gasteiger partial charge in [-0.25, -0.2) is 0 Å². The second-order valence-electron chi connectivity index (χ2n) is 8.34. The predicted octanol–water partition coefficient (Wildman–Crippen LogP) is 7.30. The molecule has 0 heterocycles. The highest BCUT2D eigenvalue weighted by molar-refractivity contribution is 5.78. The molecule has 0 aliphatic rings. The Labute approximate surface area is 193 Å². The maximum Gasteiger partial charge on any atom is 0.172 e. The normalized spacial score (nSPS) is 10.8. The minimum absolute atomic E-state index is 0.0919. The van der Waals surface area contributed by atoms with Crippen molar-refractivity contribution in [2.24, 2.45) is 0 Å². The van der Waals surface area contributed by atoms with Gasteiger partial charge in [-0.15, -0.1) is 0 Å². The number of rotatable bonds is 5. The molecule has 0 fully saturated rings. The van der Waals surface area contributed by atoms with Gasteiger partial charge in [0, 0.05) is 17.8 Å². The second kappa shape index (κ2) is 8.79. The quantitative estimate of drug-likeness (QED) is 0.303. The van der Waals surface area contributed by atoms with Gasteiger partial charge < -0.3 is 25.0 Å². The maximum absolute atomic E-state index is 10.2. The van der Waals surface area contributed by atoms with E-state index in [-0.39, 0.29) is 17.2 Å². The third-order valence-corrected chi connectivity index (χ3v) is 5.58.